The normalized spacial score (nSPS) is 15.8. The van der Waals surface area contributed by atoms with Crippen molar-refractivity contribution in [3.05, 3.63) is 53.9 Å². The predicted molar refractivity (Wildman–Crippen MR) is 93.6 cm³/mol. The van der Waals surface area contributed by atoms with Crippen LogP contribution in [-0.2, 0) is 6.18 Å². The zero-order valence-corrected chi connectivity index (χ0v) is 15.0. The fraction of sp³-hybridized carbons (Fsp3) is 0.333. The number of carbonyl (C=O) groups excluding carboxylic acids is 1. The zero-order chi connectivity index (χ0) is 20.8. The van der Waals surface area contributed by atoms with Gasteiger partial charge in [-0.25, -0.2) is 9.78 Å². The first-order valence-corrected chi connectivity index (χ1v) is 8.87. The van der Waals surface area contributed by atoms with Crippen LogP contribution in [0.25, 0.3) is 5.52 Å². The van der Waals surface area contributed by atoms with Crippen molar-refractivity contribution in [1.82, 2.24) is 24.1 Å². The molecule has 8 nitrogen and oxygen atoms in total. The Kier molecular flexibility index (Phi) is 4.52. The van der Waals surface area contributed by atoms with Crippen LogP contribution in [0.2, 0.25) is 0 Å². The number of rotatable bonds is 3. The fourth-order valence-corrected chi connectivity index (χ4v) is 3.53. The summed E-state index contributed by atoms with van der Waals surface area (Å²) in [4.78, 5) is 28.9. The summed E-state index contributed by atoms with van der Waals surface area (Å²) < 4.78 is 42.3. The van der Waals surface area contributed by atoms with Gasteiger partial charge in [-0.3, -0.25) is 13.9 Å². The van der Waals surface area contributed by atoms with Crippen LogP contribution in [0.3, 0.4) is 0 Å². The average Bonchev–Trinajstić information content (AvgIpc) is 3.33. The summed E-state index contributed by atoms with van der Waals surface area (Å²) in [7, 11) is 0. The van der Waals surface area contributed by atoms with E-state index < -0.39 is 23.9 Å². The molecule has 152 valence electrons. The van der Waals surface area contributed by atoms with Crippen LogP contribution >= 0.6 is 0 Å². The Morgan fingerprint density at radius 3 is 2.45 bits per heavy atom. The highest BCUT2D eigenvalue weighted by molar-refractivity contribution is 5.99. The molecule has 3 aromatic heterocycles. The first-order valence-electron chi connectivity index (χ1n) is 8.87. The summed E-state index contributed by atoms with van der Waals surface area (Å²) in [5.74, 6) is -2.82. The highest BCUT2D eigenvalue weighted by Gasteiger charge is 2.39. The minimum Gasteiger partial charge on any atom is -0.476 e. The molecule has 0 saturated carbocycles. The highest BCUT2D eigenvalue weighted by atomic mass is 19.4. The number of fused-ring (bicyclic) bond motifs is 1. The number of likely N-dealkylation sites (tertiary alicyclic amines) is 1. The third-order valence-electron chi connectivity index (χ3n) is 4.96. The van der Waals surface area contributed by atoms with Crippen LogP contribution < -0.4 is 0 Å². The van der Waals surface area contributed by atoms with Crippen LogP contribution in [0.1, 0.15) is 45.7 Å². The molecule has 11 heteroatoms. The third kappa shape index (κ3) is 3.43. The number of carboxylic acid groups (broad SMARTS) is 1. The molecule has 0 atom stereocenters. The number of carbonyl (C=O) groups is 2. The topological polar surface area (TPSA) is 92.7 Å². The van der Waals surface area contributed by atoms with E-state index in [-0.39, 0.29) is 22.9 Å². The SMILES string of the molecule is O=C(O)c1ccn(C2CCN(C(=O)c3nc(C(F)(F)F)n4ccccc34)CC2)n1. The molecular formula is C18H16F3N5O3. The van der Waals surface area contributed by atoms with Gasteiger partial charge in [0.15, 0.2) is 11.4 Å². The van der Waals surface area contributed by atoms with Crippen molar-refractivity contribution in [3.8, 4) is 0 Å². The van der Waals surface area contributed by atoms with Gasteiger partial charge in [0.25, 0.3) is 5.91 Å². The molecule has 0 aliphatic carbocycles. The lowest BCUT2D eigenvalue weighted by atomic mass is 10.0. The van der Waals surface area contributed by atoms with Gasteiger partial charge in [0.1, 0.15) is 0 Å². The van der Waals surface area contributed by atoms with Crippen molar-refractivity contribution in [3.63, 3.8) is 0 Å². The molecule has 0 radical (unpaired) electrons. The van der Waals surface area contributed by atoms with Gasteiger partial charge < -0.3 is 10.0 Å². The van der Waals surface area contributed by atoms with E-state index in [0.717, 1.165) is 4.40 Å². The minimum atomic E-state index is -4.68. The summed E-state index contributed by atoms with van der Waals surface area (Å²) in [6.07, 6.45) is -0.872. The summed E-state index contributed by atoms with van der Waals surface area (Å²) in [6.45, 7) is 0.609. The number of pyridine rings is 1. The lowest BCUT2D eigenvalue weighted by Crippen LogP contribution is -2.39. The van der Waals surface area contributed by atoms with Crippen LogP contribution in [0.4, 0.5) is 13.2 Å². The Balaban J connectivity index is 1.54. The Morgan fingerprint density at radius 2 is 1.83 bits per heavy atom. The fourth-order valence-electron chi connectivity index (χ4n) is 3.53. The Morgan fingerprint density at radius 1 is 1.10 bits per heavy atom. The first kappa shape index (κ1) is 19.0. The quantitative estimate of drug-likeness (QED) is 0.721. The van der Waals surface area contributed by atoms with Crippen LogP contribution in [-0.4, -0.2) is 54.1 Å². The highest BCUT2D eigenvalue weighted by Crippen LogP contribution is 2.31. The van der Waals surface area contributed by atoms with Gasteiger partial charge >= 0.3 is 12.1 Å². The molecule has 0 unspecified atom stereocenters. The summed E-state index contributed by atoms with van der Waals surface area (Å²) in [5, 5.41) is 13.0. The molecule has 1 N–H and O–H groups in total. The van der Waals surface area contributed by atoms with Crippen molar-refractivity contribution in [1.29, 1.82) is 0 Å². The maximum absolute atomic E-state index is 13.3. The van der Waals surface area contributed by atoms with Gasteiger partial charge in [-0.05, 0) is 31.0 Å². The molecule has 1 aliphatic rings. The van der Waals surface area contributed by atoms with E-state index >= 15 is 0 Å². The second-order valence-electron chi connectivity index (χ2n) is 6.75. The van der Waals surface area contributed by atoms with E-state index in [9.17, 15) is 22.8 Å². The Bertz CT molecular complexity index is 1080. The molecule has 4 rings (SSSR count). The number of amides is 1. The maximum atomic E-state index is 13.3. The number of piperidine rings is 1. The maximum Gasteiger partial charge on any atom is 0.450 e. The molecule has 0 aromatic carbocycles. The van der Waals surface area contributed by atoms with Crippen molar-refractivity contribution >= 4 is 17.4 Å². The predicted octanol–water partition coefficient (Wildman–Crippen LogP) is 2.73. The van der Waals surface area contributed by atoms with Crippen molar-refractivity contribution in [2.75, 3.05) is 13.1 Å². The van der Waals surface area contributed by atoms with E-state index in [1.807, 2.05) is 0 Å². The molecule has 1 amide bonds. The average molecular weight is 407 g/mol. The zero-order valence-electron chi connectivity index (χ0n) is 15.0. The van der Waals surface area contributed by atoms with Gasteiger partial charge in [-0.2, -0.15) is 18.3 Å². The molecular weight excluding hydrogens is 391 g/mol. The van der Waals surface area contributed by atoms with Crippen LogP contribution in [0, 0.1) is 0 Å². The first-order chi connectivity index (χ1) is 13.8. The van der Waals surface area contributed by atoms with Crippen molar-refractivity contribution in [2.45, 2.75) is 25.1 Å². The van der Waals surface area contributed by atoms with Crippen LogP contribution in [0.15, 0.2) is 36.7 Å². The molecule has 1 fully saturated rings. The number of hydrogen-bond acceptors (Lipinski definition) is 4. The molecule has 1 saturated heterocycles. The van der Waals surface area contributed by atoms with Gasteiger partial charge in [0.05, 0.1) is 11.6 Å². The van der Waals surface area contributed by atoms with Crippen molar-refractivity contribution < 1.29 is 27.9 Å². The molecule has 4 heterocycles. The monoisotopic (exact) mass is 407 g/mol. The van der Waals surface area contributed by atoms with Gasteiger partial charge in [-0.1, -0.05) is 6.07 Å². The van der Waals surface area contributed by atoms with E-state index in [2.05, 4.69) is 10.1 Å². The summed E-state index contributed by atoms with van der Waals surface area (Å²) in [6, 6.07) is 5.74. The lowest BCUT2D eigenvalue weighted by Gasteiger charge is -2.31. The Labute approximate surface area is 162 Å². The van der Waals surface area contributed by atoms with Gasteiger partial charge in [0, 0.05) is 25.5 Å². The number of halogens is 3. The van der Waals surface area contributed by atoms with Gasteiger partial charge in [0.2, 0.25) is 5.82 Å². The number of alkyl halides is 3. The number of carboxylic acids is 1. The Hall–Kier alpha value is -3.37. The largest absolute Gasteiger partial charge is 0.476 e. The van der Waals surface area contributed by atoms with Crippen molar-refractivity contribution in [2.24, 2.45) is 0 Å². The van der Waals surface area contributed by atoms with E-state index in [4.69, 9.17) is 5.11 Å². The van der Waals surface area contributed by atoms with E-state index in [1.165, 1.54) is 29.3 Å². The number of aromatic carboxylic acids is 1. The number of imidazole rings is 1. The number of nitrogens with zero attached hydrogens (tertiary/aromatic N) is 5. The third-order valence-corrected chi connectivity index (χ3v) is 4.96. The minimum absolute atomic E-state index is 0.0623. The van der Waals surface area contributed by atoms with Crippen LogP contribution in [0.5, 0.6) is 0 Å². The summed E-state index contributed by atoms with van der Waals surface area (Å²) in [5.41, 5.74) is -0.193. The van der Waals surface area contributed by atoms with Gasteiger partial charge in [-0.15, -0.1) is 0 Å². The van der Waals surface area contributed by atoms with E-state index in [0.29, 0.717) is 25.9 Å². The molecule has 1 aliphatic heterocycles. The lowest BCUT2D eigenvalue weighted by molar-refractivity contribution is -0.145. The second-order valence-corrected chi connectivity index (χ2v) is 6.75. The number of hydrogen-bond donors (Lipinski definition) is 1. The van der Waals surface area contributed by atoms with E-state index in [1.54, 1.807) is 16.9 Å². The smallest absolute Gasteiger partial charge is 0.450 e. The molecule has 0 bridgehead atoms. The second kappa shape index (κ2) is 6.90. The number of aromatic nitrogens is 4. The molecule has 29 heavy (non-hydrogen) atoms. The molecule has 0 spiro atoms. The summed E-state index contributed by atoms with van der Waals surface area (Å²) >= 11 is 0. The molecule has 3 aromatic rings. The standard InChI is InChI=1S/C18H16F3N5O3/c19-18(20,21)17-22-14(13-3-1-2-7-25(13)17)15(27)24-8-4-11(5-9-24)26-10-6-12(23-26)16(28)29/h1-3,6-7,10-11H,4-5,8-9H2,(H,28,29).